The summed E-state index contributed by atoms with van der Waals surface area (Å²) in [6.45, 7) is 3.64. The number of rotatable bonds is 10. The van der Waals surface area contributed by atoms with E-state index in [1.165, 1.54) is 42.4 Å². The Kier molecular flexibility index (Phi) is 9.93. The van der Waals surface area contributed by atoms with Gasteiger partial charge < -0.3 is 14.7 Å². The van der Waals surface area contributed by atoms with Gasteiger partial charge in [0.1, 0.15) is 0 Å². The summed E-state index contributed by atoms with van der Waals surface area (Å²) in [5, 5.41) is 12.4. The number of carbonyl (C=O) groups is 2. The second-order valence-corrected chi connectivity index (χ2v) is 10.9. The minimum absolute atomic E-state index is 0.0309. The van der Waals surface area contributed by atoms with Gasteiger partial charge in [-0.25, -0.2) is 9.78 Å². The fraction of sp³-hybridized carbons (Fsp3) is 0.773. The molecule has 7 nitrogen and oxygen atoms in total. The van der Waals surface area contributed by atoms with Crippen LogP contribution in [0.3, 0.4) is 0 Å². The molecular formula is C22H35N3O4S2. The summed E-state index contributed by atoms with van der Waals surface area (Å²) in [6, 6.07) is 0.563. The number of nitrogens with zero attached hydrogens (tertiary/aromatic N) is 2. The first kappa shape index (κ1) is 24.3. The molecule has 2 aliphatic rings. The second-order valence-electron chi connectivity index (χ2n) is 8.44. The van der Waals surface area contributed by atoms with Gasteiger partial charge in [-0.15, -0.1) is 11.8 Å². The van der Waals surface area contributed by atoms with Crippen molar-refractivity contribution >= 4 is 40.2 Å². The van der Waals surface area contributed by atoms with Crippen LogP contribution in [0, 0.1) is 5.92 Å². The van der Waals surface area contributed by atoms with Crippen LogP contribution in [0.2, 0.25) is 0 Å². The fourth-order valence-electron chi connectivity index (χ4n) is 4.64. The molecule has 31 heavy (non-hydrogen) atoms. The first-order valence-corrected chi connectivity index (χ1v) is 13.3. The summed E-state index contributed by atoms with van der Waals surface area (Å²) in [6.07, 6.45) is 11.9. The number of urea groups is 1. The van der Waals surface area contributed by atoms with Crippen molar-refractivity contribution in [2.75, 3.05) is 24.3 Å². The lowest BCUT2D eigenvalue weighted by molar-refractivity contribution is -0.136. The lowest BCUT2D eigenvalue weighted by Gasteiger charge is -2.42. The van der Waals surface area contributed by atoms with Crippen molar-refractivity contribution < 1.29 is 19.4 Å². The van der Waals surface area contributed by atoms with Crippen LogP contribution in [0.15, 0.2) is 10.4 Å². The quantitative estimate of drug-likeness (QED) is 0.441. The van der Waals surface area contributed by atoms with Crippen LogP contribution < -0.4 is 5.32 Å². The molecular weight excluding hydrogens is 434 g/mol. The van der Waals surface area contributed by atoms with E-state index in [9.17, 15) is 9.59 Å². The Hall–Kier alpha value is -1.32. The normalized spacial score (nSPS) is 22.2. The molecule has 174 valence electrons. The smallest absolute Gasteiger partial charge is 0.324 e. The van der Waals surface area contributed by atoms with E-state index in [0.29, 0.717) is 22.8 Å². The number of nitrogens with one attached hydrogen (secondary N) is 1. The molecule has 1 heterocycles. The molecule has 3 rings (SSSR count). The van der Waals surface area contributed by atoms with E-state index in [0.717, 1.165) is 55.9 Å². The van der Waals surface area contributed by atoms with Crippen LogP contribution in [0.4, 0.5) is 9.93 Å². The van der Waals surface area contributed by atoms with Crippen molar-refractivity contribution in [3.63, 3.8) is 0 Å². The SMILES string of the molecule is CCOC[C@H]1CC[C@H](N(C(=O)Nc2ncc(SCCC(=O)O)s2)C2CCCCC2)CC1. The highest BCUT2D eigenvalue weighted by molar-refractivity contribution is 8.01. The van der Waals surface area contributed by atoms with Gasteiger partial charge in [-0.3, -0.25) is 10.1 Å². The largest absolute Gasteiger partial charge is 0.481 e. The van der Waals surface area contributed by atoms with E-state index in [-0.39, 0.29) is 18.5 Å². The highest BCUT2D eigenvalue weighted by atomic mass is 32.2. The van der Waals surface area contributed by atoms with Gasteiger partial charge in [0.2, 0.25) is 0 Å². The van der Waals surface area contributed by atoms with Gasteiger partial charge in [0, 0.05) is 31.1 Å². The molecule has 2 N–H and O–H groups in total. The zero-order valence-electron chi connectivity index (χ0n) is 18.4. The van der Waals surface area contributed by atoms with E-state index in [4.69, 9.17) is 9.84 Å². The number of hydrogen-bond donors (Lipinski definition) is 2. The minimum Gasteiger partial charge on any atom is -0.481 e. The third-order valence-corrected chi connectivity index (χ3v) is 8.34. The lowest BCUT2D eigenvalue weighted by atomic mass is 9.84. The maximum Gasteiger partial charge on any atom is 0.324 e. The number of thiazole rings is 1. The van der Waals surface area contributed by atoms with Gasteiger partial charge in [0.05, 0.1) is 16.8 Å². The molecule has 0 spiro atoms. The van der Waals surface area contributed by atoms with Gasteiger partial charge in [0.25, 0.3) is 0 Å². The summed E-state index contributed by atoms with van der Waals surface area (Å²) < 4.78 is 6.55. The van der Waals surface area contributed by atoms with Gasteiger partial charge >= 0.3 is 12.0 Å². The molecule has 0 radical (unpaired) electrons. The predicted molar refractivity (Wildman–Crippen MR) is 125 cm³/mol. The summed E-state index contributed by atoms with van der Waals surface area (Å²) in [4.78, 5) is 30.5. The van der Waals surface area contributed by atoms with E-state index in [1.54, 1.807) is 6.20 Å². The molecule has 0 saturated heterocycles. The van der Waals surface area contributed by atoms with Crippen molar-refractivity contribution in [1.82, 2.24) is 9.88 Å². The van der Waals surface area contributed by atoms with Crippen molar-refractivity contribution in [1.29, 1.82) is 0 Å². The van der Waals surface area contributed by atoms with Crippen LogP contribution in [0.25, 0.3) is 0 Å². The number of carboxylic acid groups (broad SMARTS) is 1. The summed E-state index contributed by atoms with van der Waals surface area (Å²) in [7, 11) is 0. The first-order chi connectivity index (χ1) is 15.1. The Bertz CT molecular complexity index is 701. The molecule has 0 atom stereocenters. The molecule has 2 amide bonds. The van der Waals surface area contributed by atoms with Crippen molar-refractivity contribution in [2.45, 2.75) is 87.4 Å². The lowest BCUT2D eigenvalue weighted by Crippen LogP contribution is -2.51. The molecule has 2 saturated carbocycles. The maximum atomic E-state index is 13.3. The first-order valence-electron chi connectivity index (χ1n) is 11.5. The van der Waals surface area contributed by atoms with Gasteiger partial charge in [0.15, 0.2) is 5.13 Å². The van der Waals surface area contributed by atoms with E-state index in [1.807, 2.05) is 6.92 Å². The maximum absolute atomic E-state index is 13.3. The average Bonchev–Trinajstić information content (AvgIpc) is 3.21. The number of thioether (sulfide) groups is 1. The number of carboxylic acids is 1. The number of amides is 2. The number of aromatic nitrogens is 1. The minimum atomic E-state index is -0.801. The van der Waals surface area contributed by atoms with Crippen molar-refractivity contribution in [2.24, 2.45) is 5.92 Å². The Morgan fingerprint density at radius 1 is 1.19 bits per heavy atom. The zero-order chi connectivity index (χ0) is 22.1. The third kappa shape index (κ3) is 7.64. The van der Waals surface area contributed by atoms with E-state index < -0.39 is 5.97 Å². The Labute approximate surface area is 193 Å². The predicted octanol–water partition coefficient (Wildman–Crippen LogP) is 5.47. The number of anilines is 1. The van der Waals surface area contributed by atoms with Gasteiger partial charge in [-0.05, 0) is 51.4 Å². The Morgan fingerprint density at radius 2 is 1.90 bits per heavy atom. The fourth-order valence-corrected chi connectivity index (χ4v) is 6.51. The molecule has 0 aromatic carbocycles. The van der Waals surface area contributed by atoms with Crippen molar-refractivity contribution in [3.8, 4) is 0 Å². The standard InChI is InChI=1S/C22H35N3O4S2/c1-2-29-15-16-8-10-18(11-9-16)25(17-6-4-3-5-7-17)22(28)24-21-23-14-20(31-21)30-13-12-19(26)27/h14,16-18H,2-13,15H2,1H3,(H,26,27)(H,23,24,28)/t16-,18-. The van der Waals surface area contributed by atoms with Crippen LogP contribution in [-0.4, -0.2) is 58.0 Å². The van der Waals surface area contributed by atoms with Crippen LogP contribution in [0.5, 0.6) is 0 Å². The number of hydrogen-bond acceptors (Lipinski definition) is 6. The topological polar surface area (TPSA) is 91.8 Å². The molecule has 2 aliphatic carbocycles. The van der Waals surface area contributed by atoms with E-state index >= 15 is 0 Å². The molecule has 0 bridgehead atoms. The molecule has 2 fully saturated rings. The summed E-state index contributed by atoms with van der Waals surface area (Å²) in [5.74, 6) is 0.311. The molecule has 0 aliphatic heterocycles. The highest BCUT2D eigenvalue weighted by Crippen LogP contribution is 2.34. The number of ether oxygens (including phenoxy) is 1. The summed E-state index contributed by atoms with van der Waals surface area (Å²) in [5.41, 5.74) is 0. The Balaban J connectivity index is 1.59. The average molecular weight is 470 g/mol. The van der Waals surface area contributed by atoms with Gasteiger partial charge in [-0.1, -0.05) is 30.6 Å². The number of aliphatic carboxylic acids is 1. The van der Waals surface area contributed by atoms with E-state index in [2.05, 4.69) is 15.2 Å². The Morgan fingerprint density at radius 3 is 2.58 bits per heavy atom. The highest BCUT2D eigenvalue weighted by Gasteiger charge is 2.34. The molecule has 0 unspecified atom stereocenters. The monoisotopic (exact) mass is 469 g/mol. The second kappa shape index (κ2) is 12.6. The van der Waals surface area contributed by atoms with Crippen LogP contribution >= 0.6 is 23.1 Å². The summed E-state index contributed by atoms with van der Waals surface area (Å²) >= 11 is 2.88. The van der Waals surface area contributed by atoms with Crippen LogP contribution in [0.1, 0.15) is 71.1 Å². The number of carbonyl (C=O) groups excluding carboxylic acids is 1. The van der Waals surface area contributed by atoms with Gasteiger partial charge in [-0.2, -0.15) is 0 Å². The van der Waals surface area contributed by atoms with Crippen molar-refractivity contribution in [3.05, 3.63) is 6.20 Å². The van der Waals surface area contributed by atoms with Crippen LogP contribution in [-0.2, 0) is 9.53 Å². The molecule has 9 heteroatoms. The molecule has 1 aromatic rings. The third-order valence-electron chi connectivity index (χ3n) is 6.23. The zero-order valence-corrected chi connectivity index (χ0v) is 20.0. The molecule has 1 aromatic heterocycles.